The summed E-state index contributed by atoms with van der Waals surface area (Å²) in [6, 6.07) is 6.35. The Balaban J connectivity index is 1.82. The first-order valence-corrected chi connectivity index (χ1v) is 8.43. The fourth-order valence-electron chi connectivity index (χ4n) is 2.38. The van der Waals surface area contributed by atoms with Crippen LogP contribution in [0.5, 0.6) is 0 Å². The lowest BCUT2D eigenvalue weighted by Gasteiger charge is -2.14. The zero-order chi connectivity index (χ0) is 15.5. The first kappa shape index (κ1) is 15.9. The van der Waals surface area contributed by atoms with Crippen molar-refractivity contribution in [3.63, 3.8) is 0 Å². The smallest absolute Gasteiger partial charge is 0.238 e. The molecule has 1 amide bonds. The Morgan fingerprint density at radius 1 is 1.38 bits per heavy atom. The summed E-state index contributed by atoms with van der Waals surface area (Å²) in [5, 5.41) is 7.92. The number of rotatable bonds is 5. The minimum atomic E-state index is -3.65. The molecule has 0 aromatic heterocycles. The number of benzene rings is 1. The van der Waals surface area contributed by atoms with E-state index in [1.54, 1.807) is 12.1 Å². The predicted molar refractivity (Wildman–Crippen MR) is 78.0 cm³/mol. The Hall–Kier alpha value is -1.44. The molecule has 1 aliphatic heterocycles. The molecule has 21 heavy (non-hydrogen) atoms. The van der Waals surface area contributed by atoms with Gasteiger partial charge in [-0.1, -0.05) is 12.1 Å². The van der Waals surface area contributed by atoms with Gasteiger partial charge in [0.15, 0.2) is 0 Å². The van der Waals surface area contributed by atoms with Crippen LogP contribution in [0.1, 0.15) is 18.9 Å². The molecule has 0 bridgehead atoms. The van der Waals surface area contributed by atoms with Gasteiger partial charge in [-0.25, -0.2) is 13.6 Å². The van der Waals surface area contributed by atoms with Crippen molar-refractivity contribution in [1.29, 1.82) is 0 Å². The van der Waals surface area contributed by atoms with Gasteiger partial charge in [-0.2, -0.15) is 0 Å². The number of nitrogens with one attached hydrogen (secondary N) is 1. The summed E-state index contributed by atoms with van der Waals surface area (Å²) in [5.74, 6) is -0.0593. The van der Waals surface area contributed by atoms with Gasteiger partial charge < -0.3 is 10.1 Å². The first-order valence-electron chi connectivity index (χ1n) is 6.89. The molecule has 1 fully saturated rings. The molecule has 0 spiro atoms. The summed E-state index contributed by atoms with van der Waals surface area (Å²) in [6.07, 6.45) is 1.37. The third-order valence-electron chi connectivity index (χ3n) is 3.68. The van der Waals surface area contributed by atoms with Crippen LogP contribution in [0.3, 0.4) is 0 Å². The van der Waals surface area contributed by atoms with Crippen molar-refractivity contribution >= 4 is 15.9 Å². The first-order chi connectivity index (χ1) is 9.88. The monoisotopic (exact) mass is 312 g/mol. The van der Waals surface area contributed by atoms with Crippen LogP contribution in [0.15, 0.2) is 29.2 Å². The van der Waals surface area contributed by atoms with Gasteiger partial charge in [-0.15, -0.1) is 0 Å². The Morgan fingerprint density at radius 3 is 2.57 bits per heavy atom. The van der Waals surface area contributed by atoms with Gasteiger partial charge in [-0.05, 0) is 37.5 Å². The van der Waals surface area contributed by atoms with Crippen molar-refractivity contribution in [2.24, 2.45) is 11.1 Å². The molecule has 3 N–H and O–H groups in total. The van der Waals surface area contributed by atoms with Gasteiger partial charge in [-0.3, -0.25) is 4.79 Å². The van der Waals surface area contributed by atoms with Crippen LogP contribution in [0, 0.1) is 5.92 Å². The summed E-state index contributed by atoms with van der Waals surface area (Å²) >= 11 is 0. The fraction of sp³-hybridized carbons (Fsp3) is 0.500. The molecular weight excluding hydrogens is 292 g/mol. The van der Waals surface area contributed by atoms with E-state index in [0.717, 1.165) is 12.0 Å². The molecule has 2 rings (SSSR count). The second-order valence-corrected chi connectivity index (χ2v) is 6.76. The van der Waals surface area contributed by atoms with Gasteiger partial charge in [0.25, 0.3) is 0 Å². The zero-order valence-corrected chi connectivity index (χ0v) is 12.7. The van der Waals surface area contributed by atoms with E-state index in [1.165, 1.54) is 12.1 Å². The van der Waals surface area contributed by atoms with Crippen LogP contribution in [-0.4, -0.2) is 33.6 Å². The lowest BCUT2D eigenvalue weighted by Crippen LogP contribution is -2.35. The summed E-state index contributed by atoms with van der Waals surface area (Å²) in [4.78, 5) is 12.0. The van der Waals surface area contributed by atoms with Gasteiger partial charge in [0.2, 0.25) is 15.9 Å². The topological polar surface area (TPSA) is 98.5 Å². The molecule has 1 heterocycles. The van der Waals surface area contributed by atoms with Gasteiger partial charge >= 0.3 is 0 Å². The van der Waals surface area contributed by atoms with E-state index < -0.39 is 10.0 Å². The van der Waals surface area contributed by atoms with Crippen molar-refractivity contribution in [1.82, 2.24) is 5.32 Å². The highest BCUT2D eigenvalue weighted by molar-refractivity contribution is 7.89. The maximum atomic E-state index is 11.9. The van der Waals surface area contributed by atoms with Crippen molar-refractivity contribution in [2.45, 2.75) is 30.8 Å². The van der Waals surface area contributed by atoms with Gasteiger partial charge in [0, 0.05) is 13.2 Å². The standard InChI is InChI=1S/C14H20N2O4S/c1-10-13(7-9-20-10)14(17)16-8-6-11-2-4-12(5-3-11)21(15,18)19/h2-5,10,13H,6-9H2,1H3,(H,16,17)(H2,15,18,19). The van der Waals surface area contributed by atoms with Crippen molar-refractivity contribution in [3.8, 4) is 0 Å². The maximum absolute atomic E-state index is 11.9. The normalized spacial score (nSPS) is 22.2. The van der Waals surface area contributed by atoms with E-state index >= 15 is 0 Å². The number of ether oxygens (including phenoxy) is 1. The van der Waals surface area contributed by atoms with E-state index in [-0.39, 0.29) is 22.8 Å². The van der Waals surface area contributed by atoms with Crippen LogP contribution in [0.25, 0.3) is 0 Å². The number of nitrogens with two attached hydrogens (primary N) is 1. The number of primary sulfonamides is 1. The van der Waals surface area contributed by atoms with E-state index in [2.05, 4.69) is 5.32 Å². The minimum absolute atomic E-state index is 0.0150. The molecule has 1 aromatic carbocycles. The number of carbonyl (C=O) groups is 1. The molecule has 6 nitrogen and oxygen atoms in total. The van der Waals surface area contributed by atoms with Gasteiger partial charge in [0.1, 0.15) is 0 Å². The van der Waals surface area contributed by atoms with E-state index in [0.29, 0.717) is 19.6 Å². The Morgan fingerprint density at radius 2 is 2.05 bits per heavy atom. The second kappa shape index (κ2) is 6.55. The molecule has 1 aliphatic rings. The summed E-state index contributed by atoms with van der Waals surface area (Å²) < 4.78 is 27.6. The molecule has 7 heteroatoms. The molecule has 0 radical (unpaired) electrons. The average molecular weight is 312 g/mol. The molecule has 0 aliphatic carbocycles. The largest absolute Gasteiger partial charge is 0.378 e. The van der Waals surface area contributed by atoms with E-state index in [1.807, 2.05) is 6.92 Å². The minimum Gasteiger partial charge on any atom is -0.378 e. The maximum Gasteiger partial charge on any atom is 0.238 e. The van der Waals surface area contributed by atoms with Crippen LogP contribution < -0.4 is 10.5 Å². The van der Waals surface area contributed by atoms with Crippen molar-refractivity contribution in [2.75, 3.05) is 13.2 Å². The number of carbonyl (C=O) groups excluding carboxylic acids is 1. The van der Waals surface area contributed by atoms with Crippen molar-refractivity contribution in [3.05, 3.63) is 29.8 Å². The summed E-state index contributed by atoms with van der Waals surface area (Å²) in [6.45, 7) is 3.05. The zero-order valence-electron chi connectivity index (χ0n) is 11.9. The number of hydrogen-bond acceptors (Lipinski definition) is 4. The third kappa shape index (κ3) is 4.26. The molecule has 2 atom stereocenters. The van der Waals surface area contributed by atoms with E-state index in [4.69, 9.17) is 9.88 Å². The highest BCUT2D eigenvalue weighted by Crippen LogP contribution is 2.20. The van der Waals surface area contributed by atoms with Gasteiger partial charge in [0.05, 0.1) is 16.9 Å². The summed E-state index contributed by atoms with van der Waals surface area (Å²) in [7, 11) is -3.65. The lowest BCUT2D eigenvalue weighted by molar-refractivity contribution is -0.126. The number of amides is 1. The fourth-order valence-corrected chi connectivity index (χ4v) is 2.90. The third-order valence-corrected chi connectivity index (χ3v) is 4.61. The van der Waals surface area contributed by atoms with Crippen LogP contribution >= 0.6 is 0 Å². The molecule has 1 saturated heterocycles. The lowest BCUT2D eigenvalue weighted by atomic mass is 10.0. The SMILES string of the molecule is CC1OCCC1C(=O)NCCc1ccc(S(N)(=O)=O)cc1. The highest BCUT2D eigenvalue weighted by Gasteiger charge is 2.30. The average Bonchev–Trinajstić information content (AvgIpc) is 2.84. The highest BCUT2D eigenvalue weighted by atomic mass is 32.2. The van der Waals surface area contributed by atoms with Crippen molar-refractivity contribution < 1.29 is 17.9 Å². The summed E-state index contributed by atoms with van der Waals surface area (Å²) in [5.41, 5.74) is 0.943. The Kier molecular flexibility index (Phi) is 4.97. The molecule has 0 saturated carbocycles. The predicted octanol–water partition coefficient (Wildman–Crippen LogP) is 0.418. The van der Waals surface area contributed by atoms with Crippen LogP contribution in [0.2, 0.25) is 0 Å². The Bertz CT molecular complexity index is 598. The van der Waals surface area contributed by atoms with Crippen LogP contribution in [0.4, 0.5) is 0 Å². The number of hydrogen-bond donors (Lipinski definition) is 2. The molecule has 1 aromatic rings. The second-order valence-electron chi connectivity index (χ2n) is 5.20. The van der Waals surface area contributed by atoms with E-state index in [9.17, 15) is 13.2 Å². The molecule has 2 unspecified atom stereocenters. The Labute approximate surface area is 124 Å². The molecular formula is C14H20N2O4S. The number of sulfonamides is 1. The van der Waals surface area contributed by atoms with Crippen LogP contribution in [-0.2, 0) is 26.0 Å². The molecule has 116 valence electrons. The quantitative estimate of drug-likeness (QED) is 0.823.